The van der Waals surface area contributed by atoms with Gasteiger partial charge in [0.1, 0.15) is 47.8 Å². The first-order chi connectivity index (χ1) is 16.3. The van der Waals surface area contributed by atoms with Crippen LogP contribution < -0.4 is 4.74 Å². The third-order valence-electron chi connectivity index (χ3n) is 6.19. The van der Waals surface area contributed by atoms with E-state index in [1.54, 1.807) is 6.20 Å². The van der Waals surface area contributed by atoms with Crippen LogP contribution in [0.1, 0.15) is 25.8 Å². The van der Waals surface area contributed by atoms with Crippen molar-refractivity contribution in [2.75, 3.05) is 6.61 Å². The molecule has 1 aromatic carbocycles. The van der Waals surface area contributed by atoms with E-state index in [0.29, 0.717) is 23.2 Å². The van der Waals surface area contributed by atoms with Crippen LogP contribution in [0, 0.1) is 6.92 Å². The first kappa shape index (κ1) is 22.2. The lowest BCUT2D eigenvalue weighted by molar-refractivity contribution is -0.199. The molecule has 10 heteroatoms. The van der Waals surface area contributed by atoms with Crippen molar-refractivity contribution in [1.82, 2.24) is 19.5 Å². The lowest BCUT2D eigenvalue weighted by Gasteiger charge is -2.25. The van der Waals surface area contributed by atoms with Gasteiger partial charge < -0.3 is 23.5 Å². The van der Waals surface area contributed by atoms with Crippen LogP contribution in [0.25, 0.3) is 21.9 Å². The number of aryl methyl sites for hydroxylation is 1. The number of benzene rings is 1. The molecule has 0 bridgehead atoms. The molecule has 0 saturated carbocycles. The smallest absolute Gasteiger partial charge is 0.165 e. The number of rotatable bonds is 4. The van der Waals surface area contributed by atoms with Gasteiger partial charge in [-0.3, -0.25) is 4.98 Å². The van der Waals surface area contributed by atoms with Crippen molar-refractivity contribution in [3.63, 3.8) is 0 Å². The second kappa shape index (κ2) is 8.13. The summed E-state index contributed by atoms with van der Waals surface area (Å²) >= 11 is 9.77. The molecule has 2 saturated heterocycles. The zero-order chi connectivity index (χ0) is 23.6. The second-order valence-corrected chi connectivity index (χ2v) is 10.3. The van der Waals surface area contributed by atoms with Crippen molar-refractivity contribution < 1.29 is 18.9 Å². The largest absolute Gasteiger partial charge is 0.491 e. The van der Waals surface area contributed by atoms with Gasteiger partial charge in [-0.2, -0.15) is 0 Å². The molecule has 0 amide bonds. The average Bonchev–Trinajstić information content (AvgIpc) is 3.40. The summed E-state index contributed by atoms with van der Waals surface area (Å²) in [6.07, 6.45) is 1.80. The summed E-state index contributed by atoms with van der Waals surface area (Å²) in [7, 11) is 0. The van der Waals surface area contributed by atoms with Gasteiger partial charge in [-0.1, -0.05) is 11.6 Å². The molecule has 2 aliphatic heterocycles. The van der Waals surface area contributed by atoms with Crippen molar-refractivity contribution in [2.24, 2.45) is 0 Å². The number of hydrogen-bond donors (Lipinski definition) is 0. The Morgan fingerprint density at radius 3 is 2.79 bits per heavy atom. The van der Waals surface area contributed by atoms with E-state index in [-0.39, 0.29) is 18.3 Å². The van der Waals surface area contributed by atoms with Crippen LogP contribution in [0.15, 0.2) is 47.3 Å². The minimum Gasteiger partial charge on any atom is -0.491 e. The molecule has 0 aliphatic carbocycles. The maximum atomic E-state index is 6.48. The molecule has 2 fully saturated rings. The van der Waals surface area contributed by atoms with Gasteiger partial charge in [0, 0.05) is 27.8 Å². The minimum absolute atomic E-state index is 0.299. The molecule has 0 N–H and O–H groups in total. The fourth-order valence-corrected chi connectivity index (χ4v) is 5.32. The predicted octanol–water partition coefficient (Wildman–Crippen LogP) is 5.20. The summed E-state index contributed by atoms with van der Waals surface area (Å²) in [5, 5.41) is 2.21. The molecular weight excluding hydrogens is 524 g/mol. The number of halogens is 2. The van der Waals surface area contributed by atoms with Gasteiger partial charge in [-0.15, -0.1) is 0 Å². The number of pyridine rings is 1. The molecule has 0 radical (unpaired) electrons. The van der Waals surface area contributed by atoms with Crippen molar-refractivity contribution in [2.45, 2.75) is 51.1 Å². The van der Waals surface area contributed by atoms with E-state index in [1.807, 2.05) is 55.7 Å². The first-order valence-corrected chi connectivity index (χ1v) is 12.1. The molecule has 4 aromatic rings. The molecule has 8 nitrogen and oxygen atoms in total. The van der Waals surface area contributed by atoms with Gasteiger partial charge in [0.25, 0.3) is 0 Å². The standard InChI is InChI=1S/C24H22BrClN4O4/c1-12-6-16-21(26)28-11-29-22(16)30(12)23-20-19(33-24(2,3)34-20)18(32-23)10-31-15-5-4-13-7-14(25)9-27-17(13)8-15/h4-9,11,18-20,23H,10H2,1-3H3/t18-,19-,20-,23-/m1/s1. The fraction of sp³-hybridized carbons (Fsp3) is 0.375. The highest BCUT2D eigenvalue weighted by Gasteiger charge is 2.56. The van der Waals surface area contributed by atoms with Gasteiger partial charge >= 0.3 is 0 Å². The highest BCUT2D eigenvalue weighted by atomic mass is 79.9. The number of aromatic nitrogens is 4. The summed E-state index contributed by atoms with van der Waals surface area (Å²) in [5.74, 6) is -0.0227. The van der Waals surface area contributed by atoms with Gasteiger partial charge in [-0.05, 0) is 61.0 Å². The first-order valence-electron chi connectivity index (χ1n) is 11.0. The van der Waals surface area contributed by atoms with Crippen molar-refractivity contribution in [3.8, 4) is 5.75 Å². The molecule has 34 heavy (non-hydrogen) atoms. The third kappa shape index (κ3) is 3.76. The minimum atomic E-state index is -0.737. The van der Waals surface area contributed by atoms with Gasteiger partial charge in [0.2, 0.25) is 0 Å². The Morgan fingerprint density at radius 2 is 1.94 bits per heavy atom. The van der Waals surface area contributed by atoms with Crippen LogP contribution in [-0.2, 0) is 14.2 Å². The van der Waals surface area contributed by atoms with Gasteiger partial charge in [-0.25, -0.2) is 9.97 Å². The van der Waals surface area contributed by atoms with Crippen molar-refractivity contribution >= 4 is 49.5 Å². The summed E-state index contributed by atoms with van der Waals surface area (Å²) in [4.78, 5) is 13.0. The maximum absolute atomic E-state index is 6.48. The Kier molecular flexibility index (Phi) is 5.31. The predicted molar refractivity (Wildman–Crippen MR) is 130 cm³/mol. The Morgan fingerprint density at radius 1 is 1.12 bits per heavy atom. The van der Waals surface area contributed by atoms with Crippen molar-refractivity contribution in [1.29, 1.82) is 0 Å². The topological polar surface area (TPSA) is 80.5 Å². The maximum Gasteiger partial charge on any atom is 0.165 e. The van der Waals surface area contributed by atoms with E-state index < -0.39 is 12.0 Å². The Bertz CT molecular complexity index is 1410. The van der Waals surface area contributed by atoms with Gasteiger partial charge in [0.05, 0.1) is 10.9 Å². The normalized spacial score (nSPS) is 25.8. The van der Waals surface area contributed by atoms with Crippen LogP contribution in [0.2, 0.25) is 5.15 Å². The van der Waals surface area contributed by atoms with E-state index in [0.717, 1.165) is 26.5 Å². The van der Waals surface area contributed by atoms with E-state index in [2.05, 4.69) is 30.9 Å². The van der Waals surface area contributed by atoms with E-state index in [1.165, 1.54) is 6.33 Å². The molecule has 4 atom stereocenters. The van der Waals surface area contributed by atoms with Crippen molar-refractivity contribution in [3.05, 3.63) is 58.2 Å². The summed E-state index contributed by atoms with van der Waals surface area (Å²) < 4.78 is 28.1. The van der Waals surface area contributed by atoms with E-state index in [4.69, 9.17) is 30.5 Å². The Labute approximate surface area is 209 Å². The average molecular weight is 546 g/mol. The molecule has 5 heterocycles. The number of nitrogens with zero attached hydrogens (tertiary/aromatic N) is 4. The Hall–Kier alpha value is -2.30. The van der Waals surface area contributed by atoms with E-state index in [9.17, 15) is 0 Å². The molecular formula is C24H22BrClN4O4. The van der Waals surface area contributed by atoms with Crippen LogP contribution in [0.3, 0.4) is 0 Å². The molecule has 0 unspecified atom stereocenters. The number of ether oxygens (including phenoxy) is 4. The monoisotopic (exact) mass is 544 g/mol. The quantitative estimate of drug-likeness (QED) is 0.326. The number of fused-ring (bicyclic) bond motifs is 3. The molecule has 6 rings (SSSR count). The third-order valence-corrected chi connectivity index (χ3v) is 6.93. The van der Waals surface area contributed by atoms with Gasteiger partial charge in [0.15, 0.2) is 12.0 Å². The zero-order valence-corrected chi connectivity index (χ0v) is 21.1. The molecule has 2 aliphatic rings. The van der Waals surface area contributed by atoms with Crippen LogP contribution in [0.4, 0.5) is 0 Å². The molecule has 0 spiro atoms. The fourth-order valence-electron chi connectivity index (χ4n) is 4.79. The molecule has 3 aromatic heterocycles. The SMILES string of the molecule is Cc1cc2c(Cl)ncnc2n1[C@@H]1O[C@H](COc2ccc3cc(Br)cnc3c2)[C@H]2OC(C)(C)O[C@H]21. The van der Waals surface area contributed by atoms with E-state index >= 15 is 0 Å². The van der Waals surface area contributed by atoms with Crippen LogP contribution in [0.5, 0.6) is 5.75 Å². The summed E-state index contributed by atoms with van der Waals surface area (Å²) in [6, 6.07) is 9.82. The molecule has 176 valence electrons. The highest BCUT2D eigenvalue weighted by Crippen LogP contribution is 2.45. The highest BCUT2D eigenvalue weighted by molar-refractivity contribution is 9.10. The summed E-state index contributed by atoms with van der Waals surface area (Å²) in [5.41, 5.74) is 2.50. The van der Waals surface area contributed by atoms with Crippen LogP contribution in [-0.4, -0.2) is 50.2 Å². The lowest BCUT2D eigenvalue weighted by atomic mass is 10.1. The zero-order valence-electron chi connectivity index (χ0n) is 18.7. The van der Waals surface area contributed by atoms with Crippen LogP contribution >= 0.6 is 27.5 Å². The lowest BCUT2D eigenvalue weighted by Crippen LogP contribution is -2.33. The summed E-state index contributed by atoms with van der Waals surface area (Å²) in [6.45, 7) is 6.11. The number of hydrogen-bond acceptors (Lipinski definition) is 7. The Balaban J connectivity index is 1.29. The second-order valence-electron chi connectivity index (χ2n) is 9.01.